The van der Waals surface area contributed by atoms with Gasteiger partial charge in [0.15, 0.2) is 6.08 Å². The average molecular weight is 389 g/mol. The molecule has 140 valence electrons. The Morgan fingerprint density at radius 2 is 1.78 bits per heavy atom. The molecule has 0 spiro atoms. The van der Waals surface area contributed by atoms with Crippen molar-refractivity contribution >= 4 is 21.8 Å². The Bertz CT molecular complexity index is 1070. The van der Waals surface area contributed by atoms with E-state index in [1.54, 1.807) is 30.3 Å². The molecular formula is C18H16N2O6S. The van der Waals surface area contributed by atoms with Crippen molar-refractivity contribution in [3.8, 4) is 0 Å². The number of Topliss-reactive ketones (excluding diaryl/α,β-unsaturated/α-hetero) is 1. The second kappa shape index (κ2) is 7.12. The third kappa shape index (κ3) is 4.09. The zero-order valence-electron chi connectivity index (χ0n) is 14.9. The van der Waals surface area contributed by atoms with Crippen LogP contribution in [0.25, 0.3) is 0 Å². The summed E-state index contributed by atoms with van der Waals surface area (Å²) in [5, 5.41) is 0. The standard InChI is InChI=1S/C18H16N2O6S/c19-17(22)13-8-6-12(7-9-13)15-14(21)16(18(20)25-15)26-27(23,24)10-11-4-2-1-3-5-11/h1-9,15H,10,20H2,(H2,19,22)/t15-/m1/s1/i15D. The maximum absolute atomic E-state index is 12.7. The first-order valence-electron chi connectivity index (χ1n) is 8.22. The zero-order valence-corrected chi connectivity index (χ0v) is 14.7. The number of nitrogens with two attached hydrogens (primary N) is 2. The predicted octanol–water partition coefficient (Wildman–Crippen LogP) is 1.10. The highest BCUT2D eigenvalue weighted by Gasteiger charge is 2.39. The van der Waals surface area contributed by atoms with Crippen molar-refractivity contribution in [3.05, 3.63) is 82.9 Å². The van der Waals surface area contributed by atoms with Crippen LogP contribution in [0.4, 0.5) is 0 Å². The van der Waals surface area contributed by atoms with Crippen molar-refractivity contribution in [2.75, 3.05) is 0 Å². The Kier molecular flexibility index (Phi) is 4.51. The topological polar surface area (TPSA) is 139 Å². The van der Waals surface area contributed by atoms with E-state index in [1.807, 2.05) is 0 Å². The molecule has 0 aliphatic carbocycles. The Morgan fingerprint density at radius 3 is 2.37 bits per heavy atom. The van der Waals surface area contributed by atoms with Crippen LogP contribution in [0.15, 0.2) is 66.2 Å². The minimum Gasteiger partial charge on any atom is -0.460 e. The van der Waals surface area contributed by atoms with E-state index in [0.29, 0.717) is 5.56 Å². The molecule has 27 heavy (non-hydrogen) atoms. The normalized spacial score (nSPS) is 20.1. The van der Waals surface area contributed by atoms with Gasteiger partial charge in [-0.2, -0.15) is 8.42 Å². The number of carbonyl (C=O) groups excluding carboxylic acids is 2. The first-order chi connectivity index (χ1) is 13.1. The van der Waals surface area contributed by atoms with E-state index < -0.39 is 45.3 Å². The molecule has 1 aliphatic heterocycles. The van der Waals surface area contributed by atoms with Crippen LogP contribution in [-0.4, -0.2) is 20.1 Å². The monoisotopic (exact) mass is 389 g/mol. The number of carbonyl (C=O) groups is 2. The fourth-order valence-corrected chi connectivity index (χ4v) is 3.48. The number of rotatable bonds is 6. The Morgan fingerprint density at radius 1 is 1.15 bits per heavy atom. The largest absolute Gasteiger partial charge is 0.460 e. The zero-order chi connectivity index (χ0) is 20.5. The average Bonchev–Trinajstić information content (AvgIpc) is 2.86. The fraction of sp³-hybridized carbons (Fsp3) is 0.111. The van der Waals surface area contributed by atoms with Crippen molar-refractivity contribution in [1.29, 1.82) is 0 Å². The SMILES string of the molecule is [2H][C@]1(c2ccc(C(N)=O)cc2)OC(N)=C(OS(=O)(=O)Cc2ccccc2)C1=O. The van der Waals surface area contributed by atoms with Gasteiger partial charge in [-0.05, 0) is 17.7 Å². The van der Waals surface area contributed by atoms with Crippen molar-refractivity contribution in [1.82, 2.24) is 0 Å². The summed E-state index contributed by atoms with van der Waals surface area (Å²) in [5.41, 5.74) is 11.4. The van der Waals surface area contributed by atoms with Crippen molar-refractivity contribution in [2.24, 2.45) is 11.5 Å². The van der Waals surface area contributed by atoms with Crippen molar-refractivity contribution in [3.63, 3.8) is 0 Å². The quantitative estimate of drug-likeness (QED) is 0.705. The molecule has 1 amide bonds. The first-order valence-corrected chi connectivity index (χ1v) is 9.30. The van der Waals surface area contributed by atoms with E-state index in [9.17, 15) is 18.0 Å². The molecule has 0 fully saturated rings. The molecule has 0 aromatic heterocycles. The van der Waals surface area contributed by atoms with Gasteiger partial charge in [0.2, 0.25) is 23.3 Å². The lowest BCUT2D eigenvalue weighted by Gasteiger charge is -2.10. The summed E-state index contributed by atoms with van der Waals surface area (Å²) in [6.45, 7) is 0. The van der Waals surface area contributed by atoms with Crippen LogP contribution in [0.1, 0.15) is 28.9 Å². The van der Waals surface area contributed by atoms with Gasteiger partial charge in [0.1, 0.15) is 5.75 Å². The molecule has 0 bridgehead atoms. The molecule has 1 aliphatic rings. The van der Waals surface area contributed by atoms with Crippen LogP contribution < -0.4 is 11.5 Å². The van der Waals surface area contributed by atoms with Crippen LogP contribution in [0.5, 0.6) is 0 Å². The Labute approximate surface area is 156 Å². The highest BCUT2D eigenvalue weighted by atomic mass is 32.2. The molecule has 0 saturated carbocycles. The summed E-state index contributed by atoms with van der Waals surface area (Å²) in [4.78, 5) is 23.8. The molecule has 0 saturated heterocycles. The predicted molar refractivity (Wildman–Crippen MR) is 95.2 cm³/mol. The lowest BCUT2D eigenvalue weighted by atomic mass is 10.0. The molecule has 0 radical (unpaired) electrons. The molecule has 9 heteroatoms. The van der Waals surface area contributed by atoms with Gasteiger partial charge in [0, 0.05) is 11.1 Å². The summed E-state index contributed by atoms with van der Waals surface area (Å²) in [6, 6.07) is 13.4. The van der Waals surface area contributed by atoms with Gasteiger partial charge >= 0.3 is 10.1 Å². The number of benzene rings is 2. The summed E-state index contributed by atoms with van der Waals surface area (Å²) in [7, 11) is -4.22. The second-order valence-corrected chi connectivity index (χ2v) is 7.24. The van der Waals surface area contributed by atoms with Crippen LogP contribution in [0.3, 0.4) is 0 Å². The first kappa shape index (κ1) is 17.1. The number of primary amides is 1. The van der Waals surface area contributed by atoms with Gasteiger partial charge in [-0.25, -0.2) is 0 Å². The van der Waals surface area contributed by atoms with Crippen LogP contribution >= 0.6 is 0 Å². The van der Waals surface area contributed by atoms with Crippen LogP contribution in [0, 0.1) is 0 Å². The van der Waals surface area contributed by atoms with E-state index in [-0.39, 0.29) is 11.1 Å². The highest BCUT2D eigenvalue weighted by molar-refractivity contribution is 7.86. The molecule has 8 nitrogen and oxygen atoms in total. The number of amides is 1. The van der Waals surface area contributed by atoms with Crippen molar-refractivity contribution < 1.29 is 28.3 Å². The third-order valence-corrected chi connectivity index (χ3v) is 4.78. The lowest BCUT2D eigenvalue weighted by Crippen LogP contribution is -2.16. The van der Waals surface area contributed by atoms with E-state index in [1.165, 1.54) is 24.3 Å². The highest BCUT2D eigenvalue weighted by Crippen LogP contribution is 2.32. The van der Waals surface area contributed by atoms with E-state index in [0.717, 1.165) is 0 Å². The molecule has 1 heterocycles. The van der Waals surface area contributed by atoms with Crippen LogP contribution in [-0.2, 0) is 29.6 Å². The van der Waals surface area contributed by atoms with Gasteiger partial charge in [-0.1, -0.05) is 42.5 Å². The summed E-state index contributed by atoms with van der Waals surface area (Å²) >= 11 is 0. The van der Waals surface area contributed by atoms with E-state index >= 15 is 0 Å². The second-order valence-electron chi connectivity index (χ2n) is 5.67. The molecule has 3 rings (SSSR count). The minimum absolute atomic E-state index is 0.0320. The van der Waals surface area contributed by atoms with E-state index in [2.05, 4.69) is 0 Å². The van der Waals surface area contributed by atoms with Gasteiger partial charge < -0.3 is 20.4 Å². The maximum Gasteiger partial charge on any atom is 0.313 e. The summed E-state index contributed by atoms with van der Waals surface area (Å²) in [5.74, 6) is -3.62. The Hall–Kier alpha value is -3.33. The van der Waals surface area contributed by atoms with Gasteiger partial charge in [-0.15, -0.1) is 0 Å². The summed E-state index contributed by atoms with van der Waals surface area (Å²) < 4.78 is 42.9. The molecule has 0 unspecified atom stereocenters. The smallest absolute Gasteiger partial charge is 0.313 e. The number of hydrogen-bond donors (Lipinski definition) is 2. The van der Waals surface area contributed by atoms with Gasteiger partial charge in [0.25, 0.3) is 0 Å². The van der Waals surface area contributed by atoms with E-state index in [4.69, 9.17) is 21.8 Å². The Balaban J connectivity index is 1.83. The maximum atomic E-state index is 12.7. The number of ether oxygens (including phenoxy) is 1. The minimum atomic E-state index is -4.22. The van der Waals surface area contributed by atoms with Crippen LogP contribution in [0.2, 0.25) is 0 Å². The molecule has 1 atom stereocenters. The summed E-state index contributed by atoms with van der Waals surface area (Å²) in [6.07, 6.45) is -2.34. The fourth-order valence-electron chi connectivity index (χ4n) is 2.41. The molecular weight excluding hydrogens is 372 g/mol. The van der Waals surface area contributed by atoms with Gasteiger partial charge in [0.05, 0.1) is 1.37 Å². The molecule has 2 aromatic carbocycles. The number of ketones is 1. The molecule has 2 aromatic rings. The molecule has 4 N–H and O–H groups in total. The van der Waals surface area contributed by atoms with Gasteiger partial charge in [-0.3, -0.25) is 9.59 Å². The number of hydrogen-bond acceptors (Lipinski definition) is 7. The lowest BCUT2D eigenvalue weighted by molar-refractivity contribution is -0.123. The third-order valence-electron chi connectivity index (χ3n) is 3.68. The van der Waals surface area contributed by atoms with Crippen molar-refractivity contribution in [2.45, 2.75) is 11.8 Å².